The number of fused-ring (bicyclic) bond motifs is 1. The number of hydrazine groups is 1. The highest BCUT2D eigenvalue weighted by Gasteiger charge is 2.21. The van der Waals surface area contributed by atoms with E-state index in [2.05, 4.69) is 21.9 Å². The molecule has 2 amide bonds. The topological polar surface area (TPSA) is 74.3 Å². The van der Waals surface area contributed by atoms with Crippen molar-refractivity contribution in [3.05, 3.63) is 70.0 Å². The van der Waals surface area contributed by atoms with Crippen LogP contribution in [-0.2, 0) is 11.2 Å². The van der Waals surface area contributed by atoms with Crippen molar-refractivity contribution in [2.75, 3.05) is 18.0 Å². The van der Waals surface area contributed by atoms with Gasteiger partial charge in [-0.25, -0.2) is 4.98 Å². The Morgan fingerprint density at radius 1 is 1.07 bits per heavy atom. The molecule has 1 aliphatic rings. The zero-order chi connectivity index (χ0) is 20.2. The minimum absolute atomic E-state index is 0.199. The van der Waals surface area contributed by atoms with Crippen molar-refractivity contribution in [1.29, 1.82) is 0 Å². The number of anilines is 1. The Hall–Kier alpha value is -3.19. The van der Waals surface area contributed by atoms with Crippen LogP contribution in [0.15, 0.2) is 54.6 Å². The molecular formula is C22H22N4O2S. The minimum Gasteiger partial charge on any atom is -0.362 e. The first-order valence-corrected chi connectivity index (χ1v) is 10.4. The number of thiazole rings is 1. The standard InChI is InChI=1S/C22H22N4O2S/c1-15-23-20(17-9-3-2-4-10-17)21(29-15)22(28)25-24-19(27)14-26-13-7-11-16-8-5-6-12-18(16)26/h2-6,8-10,12H,7,11,13-14H2,1H3,(H,24,27)(H,25,28). The molecule has 0 spiro atoms. The lowest BCUT2D eigenvalue weighted by Crippen LogP contribution is -2.47. The quantitative estimate of drug-likeness (QED) is 0.652. The summed E-state index contributed by atoms with van der Waals surface area (Å²) in [7, 11) is 0. The van der Waals surface area contributed by atoms with Gasteiger partial charge in [0.2, 0.25) is 0 Å². The molecule has 148 valence electrons. The van der Waals surface area contributed by atoms with E-state index >= 15 is 0 Å². The summed E-state index contributed by atoms with van der Waals surface area (Å²) in [5.74, 6) is -0.612. The first-order valence-electron chi connectivity index (χ1n) is 9.56. The second-order valence-electron chi connectivity index (χ2n) is 6.93. The van der Waals surface area contributed by atoms with Crippen LogP contribution in [0.25, 0.3) is 11.3 Å². The summed E-state index contributed by atoms with van der Waals surface area (Å²) in [6.07, 6.45) is 2.04. The van der Waals surface area contributed by atoms with Crippen LogP contribution in [0.5, 0.6) is 0 Å². The van der Waals surface area contributed by atoms with Gasteiger partial charge in [0.1, 0.15) is 4.88 Å². The molecule has 1 aliphatic heterocycles. The van der Waals surface area contributed by atoms with Crippen LogP contribution in [0, 0.1) is 6.92 Å². The molecular weight excluding hydrogens is 384 g/mol. The lowest BCUT2D eigenvalue weighted by atomic mass is 10.0. The van der Waals surface area contributed by atoms with E-state index in [-0.39, 0.29) is 18.4 Å². The number of nitrogens with one attached hydrogen (secondary N) is 2. The largest absolute Gasteiger partial charge is 0.362 e. The van der Waals surface area contributed by atoms with Crippen molar-refractivity contribution >= 4 is 28.8 Å². The molecule has 2 N–H and O–H groups in total. The smallest absolute Gasteiger partial charge is 0.282 e. The normalized spacial score (nSPS) is 12.9. The SMILES string of the molecule is Cc1nc(-c2ccccc2)c(C(=O)NNC(=O)CN2CCCc3ccccc32)s1. The molecule has 0 unspecified atom stereocenters. The number of rotatable bonds is 4. The Labute approximate surface area is 173 Å². The fourth-order valence-corrected chi connectivity index (χ4v) is 4.38. The maximum Gasteiger partial charge on any atom is 0.282 e. The second-order valence-corrected chi connectivity index (χ2v) is 8.14. The Kier molecular flexibility index (Phi) is 5.57. The van der Waals surface area contributed by atoms with E-state index in [1.807, 2.05) is 60.4 Å². The summed E-state index contributed by atoms with van der Waals surface area (Å²) >= 11 is 1.31. The van der Waals surface area contributed by atoms with Gasteiger partial charge in [-0.3, -0.25) is 20.4 Å². The van der Waals surface area contributed by atoms with Gasteiger partial charge in [-0.2, -0.15) is 0 Å². The maximum absolute atomic E-state index is 12.7. The number of amides is 2. The molecule has 6 nitrogen and oxygen atoms in total. The predicted octanol–water partition coefficient (Wildman–Crippen LogP) is 3.33. The zero-order valence-corrected chi connectivity index (χ0v) is 17.0. The van der Waals surface area contributed by atoms with Crippen molar-refractivity contribution in [2.45, 2.75) is 19.8 Å². The molecule has 1 aromatic heterocycles. The van der Waals surface area contributed by atoms with Gasteiger partial charge in [0.05, 0.1) is 17.2 Å². The lowest BCUT2D eigenvalue weighted by molar-refractivity contribution is -0.120. The van der Waals surface area contributed by atoms with E-state index in [0.29, 0.717) is 10.6 Å². The van der Waals surface area contributed by atoms with Crippen LogP contribution in [0.3, 0.4) is 0 Å². The van der Waals surface area contributed by atoms with Crippen molar-refractivity contribution in [3.63, 3.8) is 0 Å². The maximum atomic E-state index is 12.7. The van der Waals surface area contributed by atoms with Gasteiger partial charge < -0.3 is 4.90 Å². The molecule has 4 rings (SSSR count). The number of hydrogen-bond donors (Lipinski definition) is 2. The first kappa shape index (κ1) is 19.1. The van der Waals surface area contributed by atoms with E-state index in [9.17, 15) is 9.59 Å². The number of carbonyl (C=O) groups is 2. The summed E-state index contributed by atoms with van der Waals surface area (Å²) in [4.78, 5) is 32.1. The van der Waals surface area contributed by atoms with Crippen LogP contribution in [0.2, 0.25) is 0 Å². The Bertz CT molecular complexity index is 1030. The number of benzene rings is 2. The summed E-state index contributed by atoms with van der Waals surface area (Å²) in [6, 6.07) is 17.7. The Morgan fingerprint density at radius 3 is 2.66 bits per heavy atom. The second kappa shape index (κ2) is 8.45. The number of carbonyl (C=O) groups excluding carboxylic acids is 2. The summed E-state index contributed by atoms with van der Waals surface area (Å²) in [5.41, 5.74) is 8.93. The van der Waals surface area contributed by atoms with E-state index in [4.69, 9.17) is 0 Å². The van der Waals surface area contributed by atoms with Gasteiger partial charge in [0.25, 0.3) is 11.8 Å². The molecule has 0 saturated carbocycles. The Morgan fingerprint density at radius 2 is 1.83 bits per heavy atom. The molecule has 0 fully saturated rings. The third-order valence-electron chi connectivity index (χ3n) is 4.84. The van der Waals surface area contributed by atoms with E-state index < -0.39 is 0 Å². The van der Waals surface area contributed by atoms with E-state index in [0.717, 1.165) is 35.6 Å². The van der Waals surface area contributed by atoms with Crippen molar-refractivity contribution in [1.82, 2.24) is 15.8 Å². The molecule has 0 radical (unpaired) electrons. The van der Waals surface area contributed by atoms with Crippen LogP contribution in [0.4, 0.5) is 5.69 Å². The summed E-state index contributed by atoms with van der Waals surface area (Å²) in [6.45, 7) is 2.88. The molecule has 0 atom stereocenters. The Balaban J connectivity index is 1.40. The molecule has 2 heterocycles. The number of para-hydroxylation sites is 1. The fraction of sp³-hybridized carbons (Fsp3) is 0.227. The predicted molar refractivity (Wildman–Crippen MR) is 115 cm³/mol. The molecule has 0 bridgehead atoms. The van der Waals surface area contributed by atoms with Crippen molar-refractivity contribution in [2.24, 2.45) is 0 Å². The minimum atomic E-state index is -0.359. The number of nitrogens with zero attached hydrogens (tertiary/aromatic N) is 2. The van der Waals surface area contributed by atoms with Gasteiger partial charge in [0, 0.05) is 17.8 Å². The van der Waals surface area contributed by atoms with Crippen LogP contribution < -0.4 is 15.8 Å². The van der Waals surface area contributed by atoms with Crippen molar-refractivity contribution in [3.8, 4) is 11.3 Å². The third kappa shape index (κ3) is 4.30. The molecule has 7 heteroatoms. The van der Waals surface area contributed by atoms with Gasteiger partial charge in [-0.1, -0.05) is 48.5 Å². The highest BCUT2D eigenvalue weighted by molar-refractivity contribution is 7.14. The highest BCUT2D eigenvalue weighted by Crippen LogP contribution is 2.28. The summed E-state index contributed by atoms with van der Waals surface area (Å²) in [5, 5.41) is 0.797. The van der Waals surface area contributed by atoms with Gasteiger partial charge in [-0.15, -0.1) is 11.3 Å². The van der Waals surface area contributed by atoms with Crippen molar-refractivity contribution < 1.29 is 9.59 Å². The van der Waals surface area contributed by atoms with Crippen LogP contribution >= 0.6 is 11.3 Å². The van der Waals surface area contributed by atoms with Crippen LogP contribution in [0.1, 0.15) is 26.7 Å². The number of aryl methyl sites for hydroxylation is 2. The average molecular weight is 407 g/mol. The van der Waals surface area contributed by atoms with Gasteiger partial charge in [0.15, 0.2) is 0 Å². The molecule has 3 aromatic rings. The van der Waals surface area contributed by atoms with Gasteiger partial charge in [-0.05, 0) is 31.4 Å². The molecule has 2 aromatic carbocycles. The van der Waals surface area contributed by atoms with Crippen LogP contribution in [-0.4, -0.2) is 29.9 Å². The van der Waals surface area contributed by atoms with E-state index in [1.54, 1.807) is 0 Å². The van der Waals surface area contributed by atoms with E-state index in [1.165, 1.54) is 16.9 Å². The molecule has 29 heavy (non-hydrogen) atoms. The summed E-state index contributed by atoms with van der Waals surface area (Å²) < 4.78 is 0. The molecule has 0 aliphatic carbocycles. The van der Waals surface area contributed by atoms with Gasteiger partial charge >= 0.3 is 0 Å². The first-order chi connectivity index (χ1) is 14.1. The lowest BCUT2D eigenvalue weighted by Gasteiger charge is -2.30. The third-order valence-corrected chi connectivity index (χ3v) is 5.81. The average Bonchev–Trinajstić information content (AvgIpc) is 3.15. The zero-order valence-electron chi connectivity index (χ0n) is 16.1. The number of aromatic nitrogens is 1. The number of hydrogen-bond acceptors (Lipinski definition) is 5. The monoisotopic (exact) mass is 406 g/mol. The highest BCUT2D eigenvalue weighted by atomic mass is 32.1. The fourth-order valence-electron chi connectivity index (χ4n) is 3.54. The molecule has 0 saturated heterocycles.